The lowest BCUT2D eigenvalue weighted by Gasteiger charge is -2.26. The van der Waals surface area contributed by atoms with Gasteiger partial charge in [0.1, 0.15) is 0 Å². The molecule has 1 heterocycles. The van der Waals surface area contributed by atoms with E-state index in [4.69, 9.17) is 10.5 Å². The van der Waals surface area contributed by atoms with E-state index in [9.17, 15) is 0 Å². The highest BCUT2D eigenvalue weighted by Crippen LogP contribution is 2.25. The maximum atomic E-state index is 6.07. The lowest BCUT2D eigenvalue weighted by molar-refractivity contribution is 0.141. The van der Waals surface area contributed by atoms with Gasteiger partial charge in [-0.3, -0.25) is 0 Å². The van der Waals surface area contributed by atoms with Crippen LogP contribution >= 0.6 is 0 Å². The van der Waals surface area contributed by atoms with E-state index in [2.05, 4.69) is 30.3 Å². The third-order valence-electron chi connectivity index (χ3n) is 3.15. The molecule has 17 heavy (non-hydrogen) atoms. The number of nitrogens with two attached hydrogens (primary N) is 1. The Morgan fingerprint density at radius 3 is 2.82 bits per heavy atom. The molecule has 4 heteroatoms. The molecular formula is C13H25N3O. The minimum Gasteiger partial charge on any atom is -0.385 e. The Kier molecular flexibility index (Phi) is 5.15. The summed E-state index contributed by atoms with van der Waals surface area (Å²) in [4.78, 5) is 4.21. The van der Waals surface area contributed by atoms with Crippen molar-refractivity contribution in [3.05, 3.63) is 18.2 Å². The fourth-order valence-corrected chi connectivity index (χ4v) is 1.90. The fourth-order valence-electron chi connectivity index (χ4n) is 1.90. The Labute approximate surface area is 104 Å². The second kappa shape index (κ2) is 6.17. The minimum atomic E-state index is 0.0794. The summed E-state index contributed by atoms with van der Waals surface area (Å²) in [5, 5.41) is 0. The van der Waals surface area contributed by atoms with E-state index >= 15 is 0 Å². The van der Waals surface area contributed by atoms with Gasteiger partial charge in [-0.25, -0.2) is 4.98 Å². The molecule has 1 atom stereocenters. The van der Waals surface area contributed by atoms with E-state index in [-0.39, 0.29) is 11.5 Å². The van der Waals surface area contributed by atoms with Gasteiger partial charge >= 0.3 is 0 Å². The minimum absolute atomic E-state index is 0.0794. The molecule has 0 bridgehead atoms. The van der Waals surface area contributed by atoms with Crippen molar-refractivity contribution in [1.29, 1.82) is 0 Å². The molecule has 4 nitrogen and oxygen atoms in total. The number of nitrogens with zero attached hydrogens (tertiary/aromatic N) is 2. The molecule has 0 aliphatic heterocycles. The second-order valence-electron chi connectivity index (χ2n) is 5.37. The summed E-state index contributed by atoms with van der Waals surface area (Å²) < 4.78 is 7.32. The Hall–Kier alpha value is -0.870. The van der Waals surface area contributed by atoms with Crippen LogP contribution in [0.4, 0.5) is 0 Å². The van der Waals surface area contributed by atoms with Crippen LogP contribution in [0.5, 0.6) is 0 Å². The molecule has 0 amide bonds. The van der Waals surface area contributed by atoms with E-state index < -0.39 is 0 Å². The molecule has 0 aliphatic carbocycles. The van der Waals surface area contributed by atoms with Crippen molar-refractivity contribution in [3.8, 4) is 0 Å². The van der Waals surface area contributed by atoms with Crippen LogP contribution in [0.25, 0.3) is 0 Å². The SMILES string of the molecule is CC[C@@H](N)c1cncn1CC(C)(C)CCOC. The number of rotatable bonds is 7. The predicted octanol–water partition coefficient (Wildman–Crippen LogP) is 2.36. The average molecular weight is 239 g/mol. The number of ether oxygens (including phenoxy) is 1. The Bertz CT molecular complexity index is 333. The van der Waals surface area contributed by atoms with Crippen LogP contribution in [0.15, 0.2) is 12.5 Å². The molecule has 1 aromatic heterocycles. The quantitative estimate of drug-likeness (QED) is 0.794. The summed E-state index contributed by atoms with van der Waals surface area (Å²) in [6, 6.07) is 0.0794. The van der Waals surface area contributed by atoms with Gasteiger partial charge in [-0.05, 0) is 18.3 Å². The van der Waals surface area contributed by atoms with Crippen molar-refractivity contribution >= 4 is 0 Å². The van der Waals surface area contributed by atoms with Gasteiger partial charge in [0.15, 0.2) is 0 Å². The molecule has 98 valence electrons. The first-order valence-electron chi connectivity index (χ1n) is 6.24. The first kappa shape index (κ1) is 14.2. The highest BCUT2D eigenvalue weighted by molar-refractivity contribution is 5.04. The van der Waals surface area contributed by atoms with Gasteiger partial charge in [-0.15, -0.1) is 0 Å². The maximum Gasteiger partial charge on any atom is 0.0948 e. The topological polar surface area (TPSA) is 53.1 Å². The highest BCUT2D eigenvalue weighted by atomic mass is 16.5. The Morgan fingerprint density at radius 1 is 1.53 bits per heavy atom. The number of methoxy groups -OCH3 is 1. The zero-order valence-electron chi connectivity index (χ0n) is 11.4. The number of hydrogen-bond donors (Lipinski definition) is 1. The van der Waals surface area contributed by atoms with Crippen LogP contribution in [0.2, 0.25) is 0 Å². The first-order valence-corrected chi connectivity index (χ1v) is 6.24. The van der Waals surface area contributed by atoms with E-state index in [1.54, 1.807) is 7.11 Å². The Morgan fingerprint density at radius 2 is 2.24 bits per heavy atom. The zero-order chi connectivity index (χ0) is 12.9. The largest absolute Gasteiger partial charge is 0.385 e. The van der Waals surface area contributed by atoms with Gasteiger partial charge < -0.3 is 15.0 Å². The summed E-state index contributed by atoms with van der Waals surface area (Å²) in [7, 11) is 1.74. The van der Waals surface area contributed by atoms with Gasteiger partial charge in [0.2, 0.25) is 0 Å². The fraction of sp³-hybridized carbons (Fsp3) is 0.769. The molecular weight excluding hydrogens is 214 g/mol. The number of aromatic nitrogens is 2. The molecule has 1 aromatic rings. The Balaban J connectivity index is 2.70. The third kappa shape index (κ3) is 4.13. The van der Waals surface area contributed by atoms with Crippen LogP contribution in [0, 0.1) is 5.41 Å². The van der Waals surface area contributed by atoms with Gasteiger partial charge in [0.05, 0.1) is 12.0 Å². The van der Waals surface area contributed by atoms with Crippen molar-refractivity contribution in [2.24, 2.45) is 11.1 Å². The molecule has 0 aliphatic rings. The van der Waals surface area contributed by atoms with Crippen LogP contribution < -0.4 is 5.73 Å². The summed E-state index contributed by atoms with van der Waals surface area (Å²) >= 11 is 0. The summed E-state index contributed by atoms with van der Waals surface area (Å²) in [6.45, 7) is 8.30. The van der Waals surface area contributed by atoms with Crippen molar-refractivity contribution in [3.63, 3.8) is 0 Å². The molecule has 0 unspecified atom stereocenters. The molecule has 0 fully saturated rings. The van der Waals surface area contributed by atoms with Gasteiger partial charge in [0.25, 0.3) is 0 Å². The maximum absolute atomic E-state index is 6.07. The van der Waals surface area contributed by atoms with Gasteiger partial charge in [-0.2, -0.15) is 0 Å². The monoisotopic (exact) mass is 239 g/mol. The van der Waals surface area contributed by atoms with Crippen LogP contribution in [-0.2, 0) is 11.3 Å². The van der Waals surface area contributed by atoms with Crippen molar-refractivity contribution < 1.29 is 4.74 Å². The van der Waals surface area contributed by atoms with E-state index in [1.165, 1.54) is 0 Å². The summed E-state index contributed by atoms with van der Waals surface area (Å²) in [6.07, 6.45) is 5.71. The predicted molar refractivity (Wildman–Crippen MR) is 69.7 cm³/mol. The van der Waals surface area contributed by atoms with E-state index in [1.807, 2.05) is 12.5 Å². The lowest BCUT2D eigenvalue weighted by Crippen LogP contribution is -2.24. The third-order valence-corrected chi connectivity index (χ3v) is 3.15. The molecule has 2 N–H and O–H groups in total. The standard InChI is InChI=1S/C13H25N3O/c1-5-11(14)12-8-15-10-16(12)9-13(2,3)6-7-17-4/h8,10-11H,5-7,9,14H2,1-4H3/t11-/m1/s1. The lowest BCUT2D eigenvalue weighted by atomic mass is 9.89. The molecule has 0 saturated carbocycles. The summed E-state index contributed by atoms with van der Waals surface area (Å²) in [5.41, 5.74) is 7.39. The van der Waals surface area contributed by atoms with Crippen LogP contribution in [-0.4, -0.2) is 23.3 Å². The smallest absolute Gasteiger partial charge is 0.0948 e. The van der Waals surface area contributed by atoms with Gasteiger partial charge in [-0.1, -0.05) is 20.8 Å². The molecule has 0 spiro atoms. The molecule has 0 radical (unpaired) electrons. The van der Waals surface area contributed by atoms with E-state index in [0.717, 1.165) is 31.7 Å². The van der Waals surface area contributed by atoms with Crippen LogP contribution in [0.3, 0.4) is 0 Å². The van der Waals surface area contributed by atoms with Gasteiger partial charge in [0, 0.05) is 32.5 Å². The summed E-state index contributed by atoms with van der Waals surface area (Å²) in [5.74, 6) is 0. The molecule has 0 saturated heterocycles. The first-order chi connectivity index (χ1) is 8.00. The zero-order valence-corrected chi connectivity index (χ0v) is 11.4. The van der Waals surface area contributed by atoms with Crippen molar-refractivity contribution in [1.82, 2.24) is 9.55 Å². The normalized spacial score (nSPS) is 13.9. The molecule has 1 rings (SSSR count). The van der Waals surface area contributed by atoms with Crippen LogP contribution in [0.1, 0.15) is 45.3 Å². The van der Waals surface area contributed by atoms with E-state index in [0.29, 0.717) is 0 Å². The second-order valence-corrected chi connectivity index (χ2v) is 5.37. The molecule has 0 aromatic carbocycles. The number of hydrogen-bond acceptors (Lipinski definition) is 3. The average Bonchev–Trinajstić information content (AvgIpc) is 2.72. The van der Waals surface area contributed by atoms with Crippen molar-refractivity contribution in [2.75, 3.05) is 13.7 Å². The van der Waals surface area contributed by atoms with Crippen molar-refractivity contribution in [2.45, 2.75) is 46.2 Å². The highest BCUT2D eigenvalue weighted by Gasteiger charge is 2.20. The number of imidazole rings is 1.